The highest BCUT2D eigenvalue weighted by Crippen LogP contribution is 2.36. The van der Waals surface area contributed by atoms with Crippen molar-refractivity contribution in [2.75, 3.05) is 24.7 Å². The summed E-state index contributed by atoms with van der Waals surface area (Å²) in [6.07, 6.45) is 6.75. The van der Waals surface area contributed by atoms with Crippen LogP contribution < -0.4 is 15.8 Å². The van der Waals surface area contributed by atoms with Crippen molar-refractivity contribution in [3.05, 3.63) is 18.2 Å². The highest BCUT2D eigenvalue weighted by atomic mass is 16.5. The highest BCUT2D eigenvalue weighted by Gasteiger charge is 2.26. The summed E-state index contributed by atoms with van der Waals surface area (Å²) in [6, 6.07) is 5.81. The molecule has 0 saturated heterocycles. The zero-order valence-corrected chi connectivity index (χ0v) is 11.5. The molecule has 1 aromatic rings. The zero-order valence-electron chi connectivity index (χ0n) is 11.5. The Bertz CT molecular complexity index is 397. The van der Waals surface area contributed by atoms with E-state index in [4.69, 9.17) is 10.5 Å². The average molecular weight is 248 g/mol. The van der Waals surface area contributed by atoms with E-state index in [1.807, 2.05) is 18.2 Å². The number of rotatable bonds is 4. The van der Waals surface area contributed by atoms with Crippen LogP contribution in [0.1, 0.15) is 39.0 Å². The summed E-state index contributed by atoms with van der Waals surface area (Å²) >= 11 is 0. The Morgan fingerprint density at radius 2 is 1.94 bits per heavy atom. The largest absolute Gasteiger partial charge is 0.497 e. The number of nitrogen functional groups attached to an aromatic ring is 1. The standard InChI is InChI=1S/C15H24N2O/c1-15(6-4-3-5-7-15)11-17-13-8-12(16)9-14(10-13)18-2/h8-10,17H,3-7,11,16H2,1-2H3. The van der Waals surface area contributed by atoms with Crippen molar-refractivity contribution in [3.63, 3.8) is 0 Å². The second kappa shape index (κ2) is 5.51. The number of nitrogens with two attached hydrogens (primary N) is 1. The van der Waals surface area contributed by atoms with Gasteiger partial charge >= 0.3 is 0 Å². The Morgan fingerprint density at radius 1 is 1.22 bits per heavy atom. The molecule has 1 saturated carbocycles. The Hall–Kier alpha value is -1.38. The summed E-state index contributed by atoms with van der Waals surface area (Å²) in [5.74, 6) is 0.811. The van der Waals surface area contributed by atoms with Crippen molar-refractivity contribution in [1.29, 1.82) is 0 Å². The van der Waals surface area contributed by atoms with Crippen LogP contribution in [0.2, 0.25) is 0 Å². The van der Waals surface area contributed by atoms with Crippen LogP contribution in [-0.2, 0) is 0 Å². The second-order valence-electron chi connectivity index (χ2n) is 5.72. The van der Waals surface area contributed by atoms with Gasteiger partial charge in [0, 0.05) is 30.1 Å². The quantitative estimate of drug-likeness (QED) is 0.799. The van der Waals surface area contributed by atoms with Crippen LogP contribution in [0.5, 0.6) is 5.75 Å². The average Bonchev–Trinajstić information content (AvgIpc) is 2.37. The van der Waals surface area contributed by atoms with Gasteiger partial charge in [0.05, 0.1) is 7.11 Å². The van der Waals surface area contributed by atoms with E-state index in [9.17, 15) is 0 Å². The van der Waals surface area contributed by atoms with Crippen molar-refractivity contribution < 1.29 is 4.74 Å². The number of hydrogen-bond acceptors (Lipinski definition) is 3. The first-order valence-corrected chi connectivity index (χ1v) is 6.80. The van der Waals surface area contributed by atoms with Gasteiger partial charge in [-0.2, -0.15) is 0 Å². The summed E-state index contributed by atoms with van der Waals surface area (Å²) < 4.78 is 5.23. The fourth-order valence-electron chi connectivity index (χ4n) is 2.74. The number of hydrogen-bond donors (Lipinski definition) is 2. The maximum atomic E-state index is 5.86. The lowest BCUT2D eigenvalue weighted by Crippen LogP contribution is -2.28. The lowest BCUT2D eigenvalue weighted by atomic mass is 9.76. The van der Waals surface area contributed by atoms with Gasteiger partial charge in [-0.1, -0.05) is 26.2 Å². The van der Waals surface area contributed by atoms with E-state index in [0.29, 0.717) is 5.41 Å². The molecule has 100 valence electrons. The van der Waals surface area contributed by atoms with Crippen LogP contribution in [0.4, 0.5) is 11.4 Å². The SMILES string of the molecule is COc1cc(N)cc(NCC2(C)CCCCC2)c1. The summed E-state index contributed by atoms with van der Waals surface area (Å²) in [4.78, 5) is 0. The highest BCUT2D eigenvalue weighted by molar-refractivity contribution is 5.59. The Kier molecular flexibility index (Phi) is 4.00. The van der Waals surface area contributed by atoms with Crippen LogP contribution in [0, 0.1) is 5.41 Å². The molecule has 0 radical (unpaired) electrons. The van der Waals surface area contributed by atoms with E-state index < -0.39 is 0 Å². The van der Waals surface area contributed by atoms with E-state index in [2.05, 4.69) is 12.2 Å². The second-order valence-corrected chi connectivity index (χ2v) is 5.72. The van der Waals surface area contributed by atoms with Crippen molar-refractivity contribution >= 4 is 11.4 Å². The minimum absolute atomic E-state index is 0.427. The number of benzene rings is 1. The van der Waals surface area contributed by atoms with Crippen molar-refractivity contribution in [3.8, 4) is 5.75 Å². The normalized spacial score (nSPS) is 18.3. The molecular formula is C15H24N2O. The molecular weight excluding hydrogens is 224 g/mol. The van der Waals surface area contributed by atoms with Crippen LogP contribution in [0.15, 0.2) is 18.2 Å². The molecule has 0 heterocycles. The molecule has 0 bridgehead atoms. The topological polar surface area (TPSA) is 47.3 Å². The fraction of sp³-hybridized carbons (Fsp3) is 0.600. The van der Waals surface area contributed by atoms with Crippen LogP contribution in [0.3, 0.4) is 0 Å². The van der Waals surface area contributed by atoms with Crippen LogP contribution in [-0.4, -0.2) is 13.7 Å². The lowest BCUT2D eigenvalue weighted by Gasteiger charge is -2.34. The molecule has 18 heavy (non-hydrogen) atoms. The third-order valence-corrected chi connectivity index (χ3v) is 3.94. The van der Waals surface area contributed by atoms with Gasteiger partial charge < -0.3 is 15.8 Å². The predicted molar refractivity (Wildman–Crippen MR) is 77.1 cm³/mol. The van der Waals surface area contributed by atoms with E-state index in [0.717, 1.165) is 23.7 Å². The van der Waals surface area contributed by atoms with E-state index in [1.165, 1.54) is 32.1 Å². The Balaban J connectivity index is 1.98. The third kappa shape index (κ3) is 3.31. The van der Waals surface area contributed by atoms with Crippen molar-refractivity contribution in [2.45, 2.75) is 39.0 Å². The molecule has 3 N–H and O–H groups in total. The molecule has 1 aromatic carbocycles. The predicted octanol–water partition coefficient (Wildman–Crippen LogP) is 3.66. The number of anilines is 2. The molecule has 0 atom stereocenters. The maximum Gasteiger partial charge on any atom is 0.122 e. The first kappa shape index (κ1) is 13.1. The molecule has 3 heteroatoms. The lowest BCUT2D eigenvalue weighted by molar-refractivity contribution is 0.233. The van der Waals surface area contributed by atoms with Gasteiger partial charge in [-0.3, -0.25) is 0 Å². The van der Waals surface area contributed by atoms with Crippen molar-refractivity contribution in [2.24, 2.45) is 5.41 Å². The summed E-state index contributed by atoms with van der Waals surface area (Å²) in [6.45, 7) is 3.39. The molecule has 0 spiro atoms. The summed E-state index contributed by atoms with van der Waals surface area (Å²) in [5.41, 5.74) is 8.08. The fourth-order valence-corrected chi connectivity index (χ4v) is 2.74. The number of methoxy groups -OCH3 is 1. The van der Waals surface area contributed by atoms with Gasteiger partial charge in [0.15, 0.2) is 0 Å². The third-order valence-electron chi connectivity index (χ3n) is 3.94. The molecule has 3 nitrogen and oxygen atoms in total. The first-order chi connectivity index (χ1) is 8.61. The van der Waals surface area contributed by atoms with Gasteiger partial charge in [0.1, 0.15) is 5.75 Å². The molecule has 1 fully saturated rings. The van der Waals surface area contributed by atoms with Crippen LogP contribution in [0.25, 0.3) is 0 Å². The summed E-state index contributed by atoms with van der Waals surface area (Å²) in [7, 11) is 1.67. The van der Waals surface area contributed by atoms with Gasteiger partial charge in [0.2, 0.25) is 0 Å². The van der Waals surface area contributed by atoms with Gasteiger partial charge in [-0.05, 0) is 24.3 Å². The Morgan fingerprint density at radius 3 is 2.61 bits per heavy atom. The van der Waals surface area contributed by atoms with Gasteiger partial charge in [-0.25, -0.2) is 0 Å². The smallest absolute Gasteiger partial charge is 0.122 e. The molecule has 0 aromatic heterocycles. The minimum atomic E-state index is 0.427. The van der Waals surface area contributed by atoms with E-state index in [1.54, 1.807) is 7.11 Å². The minimum Gasteiger partial charge on any atom is -0.497 e. The monoisotopic (exact) mass is 248 g/mol. The number of nitrogens with one attached hydrogen (secondary N) is 1. The molecule has 0 unspecified atom stereocenters. The zero-order chi connectivity index (χ0) is 13.0. The molecule has 0 amide bonds. The molecule has 0 aliphatic heterocycles. The molecule has 1 aliphatic rings. The molecule has 2 rings (SSSR count). The van der Waals surface area contributed by atoms with Gasteiger partial charge in [-0.15, -0.1) is 0 Å². The maximum absolute atomic E-state index is 5.86. The molecule has 1 aliphatic carbocycles. The first-order valence-electron chi connectivity index (χ1n) is 6.80. The number of ether oxygens (including phenoxy) is 1. The van der Waals surface area contributed by atoms with Crippen molar-refractivity contribution in [1.82, 2.24) is 0 Å². The van der Waals surface area contributed by atoms with E-state index in [-0.39, 0.29) is 0 Å². The van der Waals surface area contributed by atoms with E-state index >= 15 is 0 Å². The van der Waals surface area contributed by atoms with Crippen LogP contribution >= 0.6 is 0 Å². The Labute approximate surface area is 110 Å². The summed E-state index contributed by atoms with van der Waals surface area (Å²) in [5, 5.41) is 3.51. The van der Waals surface area contributed by atoms with Gasteiger partial charge in [0.25, 0.3) is 0 Å².